The Kier molecular flexibility index (Phi) is 4.02. The molecule has 4 nitrogen and oxygen atoms in total. The SMILES string of the molecule is Nc1ccc(Br)cc1C(=O)NC1CCCOC1. The molecule has 1 fully saturated rings. The van der Waals surface area contributed by atoms with Gasteiger partial charge in [0.2, 0.25) is 0 Å². The average molecular weight is 299 g/mol. The predicted octanol–water partition coefficient (Wildman–Crippen LogP) is 1.94. The number of halogens is 1. The van der Waals surface area contributed by atoms with Crippen LogP contribution in [-0.2, 0) is 4.74 Å². The van der Waals surface area contributed by atoms with E-state index in [9.17, 15) is 4.79 Å². The van der Waals surface area contributed by atoms with E-state index in [-0.39, 0.29) is 11.9 Å². The molecule has 0 aromatic heterocycles. The van der Waals surface area contributed by atoms with Crippen LogP contribution in [0.2, 0.25) is 0 Å². The summed E-state index contributed by atoms with van der Waals surface area (Å²) in [6.45, 7) is 1.37. The van der Waals surface area contributed by atoms with Crippen molar-refractivity contribution < 1.29 is 9.53 Å². The van der Waals surface area contributed by atoms with Crippen molar-refractivity contribution in [1.82, 2.24) is 5.32 Å². The summed E-state index contributed by atoms with van der Waals surface area (Å²) in [4.78, 5) is 12.0. The highest BCUT2D eigenvalue weighted by atomic mass is 79.9. The van der Waals surface area contributed by atoms with E-state index in [0.717, 1.165) is 23.9 Å². The molecule has 1 aromatic carbocycles. The van der Waals surface area contributed by atoms with E-state index in [1.807, 2.05) is 6.07 Å². The molecule has 0 bridgehead atoms. The Bertz CT molecular complexity index is 417. The van der Waals surface area contributed by atoms with Gasteiger partial charge in [-0.3, -0.25) is 4.79 Å². The zero-order valence-corrected chi connectivity index (χ0v) is 11.0. The van der Waals surface area contributed by atoms with Crippen molar-refractivity contribution >= 4 is 27.5 Å². The van der Waals surface area contributed by atoms with Crippen LogP contribution in [0.5, 0.6) is 0 Å². The number of amides is 1. The summed E-state index contributed by atoms with van der Waals surface area (Å²) in [5, 5.41) is 2.94. The van der Waals surface area contributed by atoms with Gasteiger partial charge in [-0.15, -0.1) is 0 Å². The molecule has 1 amide bonds. The number of carbonyl (C=O) groups excluding carboxylic acids is 1. The highest BCUT2D eigenvalue weighted by molar-refractivity contribution is 9.10. The lowest BCUT2D eigenvalue weighted by Gasteiger charge is -2.23. The second-order valence-corrected chi connectivity index (χ2v) is 5.03. The highest BCUT2D eigenvalue weighted by Gasteiger charge is 2.18. The molecule has 3 N–H and O–H groups in total. The molecule has 0 spiro atoms. The molecule has 1 aromatic rings. The van der Waals surface area contributed by atoms with Crippen molar-refractivity contribution in [2.75, 3.05) is 18.9 Å². The Morgan fingerprint density at radius 2 is 2.35 bits per heavy atom. The summed E-state index contributed by atoms with van der Waals surface area (Å²) in [6.07, 6.45) is 1.94. The normalized spacial score (nSPS) is 19.9. The molecular formula is C12H15BrN2O2. The summed E-state index contributed by atoms with van der Waals surface area (Å²) in [7, 11) is 0. The second kappa shape index (κ2) is 5.51. The molecule has 1 saturated heterocycles. The number of carbonyl (C=O) groups is 1. The first-order valence-corrected chi connectivity index (χ1v) is 6.40. The van der Waals surface area contributed by atoms with Crippen LogP contribution in [0.1, 0.15) is 23.2 Å². The molecular weight excluding hydrogens is 284 g/mol. The van der Waals surface area contributed by atoms with Crippen LogP contribution in [-0.4, -0.2) is 25.2 Å². The van der Waals surface area contributed by atoms with Crippen LogP contribution in [0.25, 0.3) is 0 Å². The topological polar surface area (TPSA) is 64.4 Å². The van der Waals surface area contributed by atoms with Crippen molar-refractivity contribution in [3.05, 3.63) is 28.2 Å². The van der Waals surface area contributed by atoms with Crippen molar-refractivity contribution in [2.24, 2.45) is 0 Å². The molecule has 5 heteroatoms. The fourth-order valence-corrected chi connectivity index (χ4v) is 2.20. The molecule has 1 heterocycles. The first kappa shape index (κ1) is 12.4. The summed E-state index contributed by atoms with van der Waals surface area (Å²) < 4.78 is 6.16. The van der Waals surface area contributed by atoms with E-state index in [0.29, 0.717) is 17.9 Å². The van der Waals surface area contributed by atoms with E-state index >= 15 is 0 Å². The third-order valence-corrected chi connectivity index (χ3v) is 3.25. The van der Waals surface area contributed by atoms with Crippen LogP contribution in [0.15, 0.2) is 22.7 Å². The maximum atomic E-state index is 12.0. The number of ether oxygens (including phenoxy) is 1. The molecule has 1 unspecified atom stereocenters. The highest BCUT2D eigenvalue weighted by Crippen LogP contribution is 2.18. The average Bonchev–Trinajstić information content (AvgIpc) is 2.33. The Morgan fingerprint density at radius 1 is 1.53 bits per heavy atom. The summed E-state index contributed by atoms with van der Waals surface area (Å²) >= 11 is 3.33. The molecule has 1 aliphatic heterocycles. The minimum atomic E-state index is -0.140. The number of nitrogens with one attached hydrogen (secondary N) is 1. The van der Waals surface area contributed by atoms with Gasteiger partial charge in [0.1, 0.15) is 0 Å². The van der Waals surface area contributed by atoms with Gasteiger partial charge in [-0.2, -0.15) is 0 Å². The van der Waals surface area contributed by atoms with Crippen LogP contribution < -0.4 is 11.1 Å². The number of rotatable bonds is 2. The molecule has 1 aliphatic rings. The lowest BCUT2D eigenvalue weighted by molar-refractivity contribution is 0.0624. The van der Waals surface area contributed by atoms with E-state index in [2.05, 4.69) is 21.2 Å². The Hall–Kier alpha value is -1.07. The first-order valence-electron chi connectivity index (χ1n) is 5.60. The summed E-state index contributed by atoms with van der Waals surface area (Å²) in [5.74, 6) is -0.140. The van der Waals surface area contributed by atoms with E-state index in [1.165, 1.54) is 0 Å². The van der Waals surface area contributed by atoms with Gasteiger partial charge in [0.05, 0.1) is 18.2 Å². The zero-order chi connectivity index (χ0) is 12.3. The van der Waals surface area contributed by atoms with E-state index in [1.54, 1.807) is 12.1 Å². The zero-order valence-electron chi connectivity index (χ0n) is 9.41. The smallest absolute Gasteiger partial charge is 0.253 e. The number of benzene rings is 1. The van der Waals surface area contributed by atoms with Crippen LogP contribution in [0, 0.1) is 0 Å². The largest absolute Gasteiger partial charge is 0.398 e. The van der Waals surface area contributed by atoms with Gasteiger partial charge in [-0.05, 0) is 31.0 Å². The quantitative estimate of drug-likeness (QED) is 0.820. The lowest BCUT2D eigenvalue weighted by atomic mass is 10.1. The second-order valence-electron chi connectivity index (χ2n) is 4.12. The Labute approximate surface area is 109 Å². The predicted molar refractivity (Wildman–Crippen MR) is 69.9 cm³/mol. The van der Waals surface area contributed by atoms with Gasteiger partial charge in [0.15, 0.2) is 0 Å². The van der Waals surface area contributed by atoms with E-state index < -0.39 is 0 Å². The van der Waals surface area contributed by atoms with Crippen molar-refractivity contribution in [3.63, 3.8) is 0 Å². The fraction of sp³-hybridized carbons (Fsp3) is 0.417. The number of nitrogen functional groups attached to an aromatic ring is 1. The molecule has 92 valence electrons. The van der Waals surface area contributed by atoms with Gasteiger partial charge in [-0.1, -0.05) is 15.9 Å². The van der Waals surface area contributed by atoms with Crippen LogP contribution in [0.3, 0.4) is 0 Å². The summed E-state index contributed by atoms with van der Waals surface area (Å²) in [5.41, 5.74) is 6.78. The number of nitrogens with two attached hydrogens (primary N) is 1. The Balaban J connectivity index is 2.05. The Morgan fingerprint density at radius 3 is 3.06 bits per heavy atom. The number of hydrogen-bond acceptors (Lipinski definition) is 3. The monoisotopic (exact) mass is 298 g/mol. The molecule has 2 rings (SSSR count). The third-order valence-electron chi connectivity index (χ3n) is 2.76. The van der Waals surface area contributed by atoms with Gasteiger partial charge in [0.25, 0.3) is 5.91 Å². The van der Waals surface area contributed by atoms with E-state index in [4.69, 9.17) is 10.5 Å². The molecule has 0 aliphatic carbocycles. The summed E-state index contributed by atoms with van der Waals surface area (Å²) in [6, 6.07) is 5.36. The maximum Gasteiger partial charge on any atom is 0.253 e. The molecule has 17 heavy (non-hydrogen) atoms. The fourth-order valence-electron chi connectivity index (χ4n) is 1.84. The van der Waals surface area contributed by atoms with Crippen LogP contribution in [0.4, 0.5) is 5.69 Å². The lowest BCUT2D eigenvalue weighted by Crippen LogP contribution is -2.40. The van der Waals surface area contributed by atoms with Crippen LogP contribution >= 0.6 is 15.9 Å². The van der Waals surface area contributed by atoms with Gasteiger partial charge < -0.3 is 15.8 Å². The standard InChI is InChI=1S/C12H15BrN2O2/c13-8-3-4-11(14)10(6-8)12(16)15-9-2-1-5-17-7-9/h3-4,6,9H,1-2,5,7,14H2,(H,15,16). The van der Waals surface area contributed by atoms with Gasteiger partial charge >= 0.3 is 0 Å². The molecule has 0 radical (unpaired) electrons. The number of anilines is 1. The van der Waals surface area contributed by atoms with Crippen molar-refractivity contribution in [2.45, 2.75) is 18.9 Å². The molecule has 0 saturated carbocycles. The minimum absolute atomic E-state index is 0.0923. The number of hydrogen-bond donors (Lipinski definition) is 2. The minimum Gasteiger partial charge on any atom is -0.398 e. The van der Waals surface area contributed by atoms with Crippen molar-refractivity contribution in [3.8, 4) is 0 Å². The van der Waals surface area contributed by atoms with Gasteiger partial charge in [0, 0.05) is 16.8 Å². The van der Waals surface area contributed by atoms with Gasteiger partial charge in [-0.25, -0.2) is 0 Å². The maximum absolute atomic E-state index is 12.0. The third kappa shape index (κ3) is 3.20. The molecule has 1 atom stereocenters. The first-order chi connectivity index (χ1) is 8.16. The van der Waals surface area contributed by atoms with Crippen molar-refractivity contribution in [1.29, 1.82) is 0 Å².